The van der Waals surface area contributed by atoms with E-state index < -0.39 is 5.60 Å². The van der Waals surface area contributed by atoms with E-state index in [0.717, 1.165) is 24.9 Å². The molecule has 0 radical (unpaired) electrons. The molecule has 1 aromatic heterocycles. The average Bonchev–Trinajstić information content (AvgIpc) is 2.63. The number of rotatable bonds is 3. The number of carbonyl (C=O) groups is 1. The van der Waals surface area contributed by atoms with Gasteiger partial charge in [0.2, 0.25) is 0 Å². The van der Waals surface area contributed by atoms with Gasteiger partial charge in [-0.3, -0.25) is 9.69 Å². The first-order valence-corrected chi connectivity index (χ1v) is 6.06. The van der Waals surface area contributed by atoms with Crippen molar-refractivity contribution < 1.29 is 9.90 Å². The van der Waals surface area contributed by atoms with Crippen molar-refractivity contribution in [1.82, 2.24) is 9.47 Å². The summed E-state index contributed by atoms with van der Waals surface area (Å²) in [4.78, 5) is 14.0. The van der Waals surface area contributed by atoms with Gasteiger partial charge in [0, 0.05) is 31.5 Å². The molecular formula is C13H20N2O2. The number of ketones is 1. The van der Waals surface area contributed by atoms with Crippen LogP contribution in [0.2, 0.25) is 0 Å². The molecule has 94 valence electrons. The lowest BCUT2D eigenvalue weighted by Gasteiger charge is -2.36. The molecule has 0 aromatic carbocycles. The van der Waals surface area contributed by atoms with Crippen molar-refractivity contribution in [2.24, 2.45) is 7.05 Å². The molecule has 1 atom stereocenters. The Morgan fingerprint density at radius 2 is 2.35 bits per heavy atom. The van der Waals surface area contributed by atoms with Crippen LogP contribution in [0, 0.1) is 0 Å². The largest absolute Gasteiger partial charge is 0.389 e. The zero-order chi connectivity index (χ0) is 12.5. The second-order valence-corrected chi connectivity index (χ2v) is 5.30. The second kappa shape index (κ2) is 4.63. The number of piperidine rings is 1. The average molecular weight is 236 g/mol. The van der Waals surface area contributed by atoms with Gasteiger partial charge in [0.25, 0.3) is 0 Å². The van der Waals surface area contributed by atoms with E-state index in [1.54, 1.807) is 0 Å². The maximum absolute atomic E-state index is 12.0. The predicted octanol–water partition coefficient (Wildman–Crippen LogP) is 1.05. The van der Waals surface area contributed by atoms with Crippen molar-refractivity contribution in [2.75, 3.05) is 19.6 Å². The maximum atomic E-state index is 12.0. The normalized spacial score (nSPS) is 26.1. The molecule has 1 aromatic rings. The lowest BCUT2D eigenvalue weighted by atomic mass is 9.95. The number of β-amino-alcohol motifs (C(OH)–C–C–N with tert-alkyl or cyclic N) is 1. The Kier molecular flexibility index (Phi) is 3.35. The first-order chi connectivity index (χ1) is 7.96. The second-order valence-electron chi connectivity index (χ2n) is 5.30. The molecule has 1 aliphatic rings. The molecule has 1 fully saturated rings. The van der Waals surface area contributed by atoms with E-state index in [-0.39, 0.29) is 5.78 Å². The molecule has 0 spiro atoms. The Hall–Kier alpha value is -1.13. The quantitative estimate of drug-likeness (QED) is 0.798. The Bertz CT molecular complexity index is 409. The molecule has 1 aliphatic heterocycles. The molecule has 0 saturated carbocycles. The molecule has 2 rings (SSSR count). The Balaban J connectivity index is 1.95. The van der Waals surface area contributed by atoms with Crippen LogP contribution in [0.25, 0.3) is 0 Å². The zero-order valence-corrected chi connectivity index (χ0v) is 10.5. The molecular weight excluding hydrogens is 216 g/mol. The Labute approximate surface area is 102 Å². The predicted molar refractivity (Wildman–Crippen MR) is 66.0 cm³/mol. The zero-order valence-electron chi connectivity index (χ0n) is 10.5. The number of hydrogen-bond donors (Lipinski definition) is 1. The van der Waals surface area contributed by atoms with Crippen LogP contribution < -0.4 is 0 Å². The van der Waals surface area contributed by atoms with E-state index in [0.29, 0.717) is 13.1 Å². The van der Waals surface area contributed by atoms with Gasteiger partial charge in [-0.2, -0.15) is 0 Å². The number of aliphatic hydroxyl groups is 1. The number of likely N-dealkylation sites (tertiary alicyclic amines) is 1. The molecule has 0 bridgehead atoms. The van der Waals surface area contributed by atoms with E-state index in [1.165, 1.54) is 0 Å². The minimum Gasteiger partial charge on any atom is -0.389 e. The fraction of sp³-hybridized carbons (Fsp3) is 0.615. The molecule has 2 heterocycles. The smallest absolute Gasteiger partial charge is 0.178 e. The number of Topliss-reactive ketones (excluding diaryl/α,β-unsaturated/α-hetero) is 1. The fourth-order valence-electron chi connectivity index (χ4n) is 2.42. The van der Waals surface area contributed by atoms with Crippen LogP contribution in [0.4, 0.5) is 0 Å². The van der Waals surface area contributed by atoms with Crippen LogP contribution in [0.3, 0.4) is 0 Å². The van der Waals surface area contributed by atoms with Gasteiger partial charge in [0.15, 0.2) is 5.78 Å². The number of hydrogen-bond acceptors (Lipinski definition) is 3. The van der Waals surface area contributed by atoms with Crippen molar-refractivity contribution in [3.05, 3.63) is 24.0 Å². The topological polar surface area (TPSA) is 45.5 Å². The van der Waals surface area contributed by atoms with Gasteiger partial charge >= 0.3 is 0 Å². The summed E-state index contributed by atoms with van der Waals surface area (Å²) in [5.41, 5.74) is 0.104. The number of aromatic nitrogens is 1. The third-order valence-corrected chi connectivity index (χ3v) is 3.28. The molecule has 4 nitrogen and oxygen atoms in total. The van der Waals surface area contributed by atoms with Crippen LogP contribution in [0.1, 0.15) is 30.1 Å². The van der Waals surface area contributed by atoms with Crippen LogP contribution in [-0.4, -0.2) is 45.6 Å². The van der Waals surface area contributed by atoms with Gasteiger partial charge < -0.3 is 9.67 Å². The van der Waals surface area contributed by atoms with E-state index in [4.69, 9.17) is 0 Å². The summed E-state index contributed by atoms with van der Waals surface area (Å²) in [6.07, 6.45) is 5.49. The van der Waals surface area contributed by atoms with Gasteiger partial charge in [0.1, 0.15) is 0 Å². The van der Waals surface area contributed by atoms with Gasteiger partial charge in [-0.1, -0.05) is 0 Å². The van der Waals surface area contributed by atoms with Crippen LogP contribution >= 0.6 is 0 Å². The minimum absolute atomic E-state index is 0.128. The highest BCUT2D eigenvalue weighted by atomic mass is 16.3. The Morgan fingerprint density at radius 3 is 2.94 bits per heavy atom. The fourth-order valence-corrected chi connectivity index (χ4v) is 2.42. The number of carbonyl (C=O) groups excluding carboxylic acids is 1. The van der Waals surface area contributed by atoms with E-state index in [9.17, 15) is 9.90 Å². The molecule has 0 amide bonds. The standard InChI is InChI=1S/C13H20N2O2/c1-13(17)5-3-6-15(10-13)9-12(16)11-4-7-14(2)8-11/h4,7-8,17H,3,5-6,9-10H2,1-2H3. The summed E-state index contributed by atoms with van der Waals surface area (Å²) in [6, 6.07) is 1.84. The van der Waals surface area contributed by atoms with Crippen molar-refractivity contribution in [3.8, 4) is 0 Å². The molecule has 1 N–H and O–H groups in total. The third-order valence-electron chi connectivity index (χ3n) is 3.28. The lowest BCUT2D eigenvalue weighted by molar-refractivity contribution is -0.0132. The van der Waals surface area contributed by atoms with Gasteiger partial charge in [0.05, 0.1) is 12.1 Å². The lowest BCUT2D eigenvalue weighted by Crippen LogP contribution is -2.47. The molecule has 1 unspecified atom stereocenters. The van der Waals surface area contributed by atoms with Gasteiger partial charge in [-0.05, 0) is 32.4 Å². The van der Waals surface area contributed by atoms with E-state index in [1.807, 2.05) is 41.9 Å². The van der Waals surface area contributed by atoms with E-state index in [2.05, 4.69) is 0 Å². The molecule has 17 heavy (non-hydrogen) atoms. The molecule has 0 aliphatic carbocycles. The summed E-state index contributed by atoms with van der Waals surface area (Å²) in [7, 11) is 1.91. The highest BCUT2D eigenvalue weighted by Crippen LogP contribution is 2.20. The van der Waals surface area contributed by atoms with Crippen molar-refractivity contribution in [2.45, 2.75) is 25.4 Å². The highest BCUT2D eigenvalue weighted by molar-refractivity contribution is 5.97. The first kappa shape index (κ1) is 12.3. The summed E-state index contributed by atoms with van der Waals surface area (Å²) >= 11 is 0. The summed E-state index contributed by atoms with van der Waals surface area (Å²) in [5.74, 6) is 0.128. The monoisotopic (exact) mass is 236 g/mol. The summed E-state index contributed by atoms with van der Waals surface area (Å²) in [6.45, 7) is 3.73. The van der Waals surface area contributed by atoms with Crippen molar-refractivity contribution >= 4 is 5.78 Å². The first-order valence-electron chi connectivity index (χ1n) is 6.06. The van der Waals surface area contributed by atoms with E-state index >= 15 is 0 Å². The van der Waals surface area contributed by atoms with Gasteiger partial charge in [-0.15, -0.1) is 0 Å². The third kappa shape index (κ3) is 3.17. The summed E-state index contributed by atoms with van der Waals surface area (Å²) < 4.78 is 1.87. The maximum Gasteiger partial charge on any atom is 0.178 e. The SMILES string of the molecule is Cn1ccc(C(=O)CN2CCCC(C)(O)C2)c1. The van der Waals surface area contributed by atoms with Crippen LogP contribution in [0.15, 0.2) is 18.5 Å². The van der Waals surface area contributed by atoms with Gasteiger partial charge in [-0.25, -0.2) is 0 Å². The number of nitrogens with zero attached hydrogens (tertiary/aromatic N) is 2. The highest BCUT2D eigenvalue weighted by Gasteiger charge is 2.29. The minimum atomic E-state index is -0.644. The molecule has 4 heteroatoms. The van der Waals surface area contributed by atoms with Crippen LogP contribution in [0.5, 0.6) is 0 Å². The molecule has 1 saturated heterocycles. The Morgan fingerprint density at radius 1 is 1.59 bits per heavy atom. The van der Waals surface area contributed by atoms with Crippen molar-refractivity contribution in [3.63, 3.8) is 0 Å². The van der Waals surface area contributed by atoms with Crippen LogP contribution in [-0.2, 0) is 7.05 Å². The number of aryl methyl sites for hydroxylation is 1. The summed E-state index contributed by atoms with van der Waals surface area (Å²) in [5, 5.41) is 9.98. The van der Waals surface area contributed by atoms with Crippen molar-refractivity contribution in [1.29, 1.82) is 0 Å².